The first-order chi connectivity index (χ1) is 6.68. The molecule has 1 aliphatic heterocycles. The molecule has 1 aliphatic rings. The van der Waals surface area contributed by atoms with Crippen LogP contribution in [0.3, 0.4) is 0 Å². The minimum absolute atomic E-state index is 0.254. The summed E-state index contributed by atoms with van der Waals surface area (Å²) in [5.41, 5.74) is 0.254. The second kappa shape index (κ2) is 3.96. The Kier molecular flexibility index (Phi) is 2.85. The molecule has 0 atom stereocenters. The van der Waals surface area contributed by atoms with Crippen LogP contribution in [0.15, 0.2) is 11.6 Å². The molecule has 0 aliphatic carbocycles. The van der Waals surface area contributed by atoms with Gasteiger partial charge in [-0.1, -0.05) is 0 Å². The first kappa shape index (κ1) is 10.1. The molecule has 0 aromatic carbocycles. The molecular formula is C10H17N3S. The summed E-state index contributed by atoms with van der Waals surface area (Å²) in [6, 6.07) is 0. The van der Waals surface area contributed by atoms with E-state index < -0.39 is 0 Å². The molecule has 0 amide bonds. The zero-order valence-corrected chi connectivity index (χ0v) is 9.60. The summed E-state index contributed by atoms with van der Waals surface area (Å²) in [7, 11) is 0. The van der Waals surface area contributed by atoms with Gasteiger partial charge in [0.1, 0.15) is 5.01 Å². The van der Waals surface area contributed by atoms with Gasteiger partial charge in [-0.25, -0.2) is 4.98 Å². The largest absolute Gasteiger partial charge is 0.314 e. The van der Waals surface area contributed by atoms with Gasteiger partial charge in [0.15, 0.2) is 0 Å². The van der Waals surface area contributed by atoms with Crippen molar-refractivity contribution in [1.29, 1.82) is 0 Å². The highest BCUT2D eigenvalue weighted by atomic mass is 32.1. The molecule has 1 aromatic rings. The fourth-order valence-corrected chi connectivity index (χ4v) is 2.44. The SMILES string of the molecule is CC1(C)CNCCN1Cc1nccs1. The lowest BCUT2D eigenvalue weighted by Gasteiger charge is -2.42. The third-order valence-corrected chi connectivity index (χ3v) is 3.55. The lowest BCUT2D eigenvalue weighted by molar-refractivity contribution is 0.0827. The van der Waals surface area contributed by atoms with Crippen molar-refractivity contribution in [3.05, 3.63) is 16.6 Å². The molecule has 1 aromatic heterocycles. The van der Waals surface area contributed by atoms with Crippen LogP contribution in [0.1, 0.15) is 18.9 Å². The van der Waals surface area contributed by atoms with Gasteiger partial charge in [0.25, 0.3) is 0 Å². The number of rotatable bonds is 2. The van der Waals surface area contributed by atoms with Gasteiger partial charge in [-0.3, -0.25) is 4.90 Å². The molecule has 1 fully saturated rings. The maximum Gasteiger partial charge on any atom is 0.107 e. The fraction of sp³-hybridized carbons (Fsp3) is 0.700. The van der Waals surface area contributed by atoms with Gasteiger partial charge in [-0.15, -0.1) is 11.3 Å². The molecule has 14 heavy (non-hydrogen) atoms. The standard InChI is InChI=1S/C10H17N3S/c1-10(2)8-11-3-5-13(10)7-9-12-4-6-14-9/h4,6,11H,3,5,7-8H2,1-2H3. The average molecular weight is 211 g/mol. The molecule has 1 N–H and O–H groups in total. The molecule has 2 heterocycles. The zero-order valence-electron chi connectivity index (χ0n) is 8.79. The predicted molar refractivity (Wildman–Crippen MR) is 59.5 cm³/mol. The summed E-state index contributed by atoms with van der Waals surface area (Å²) < 4.78 is 0. The molecule has 0 unspecified atom stereocenters. The van der Waals surface area contributed by atoms with Crippen LogP contribution >= 0.6 is 11.3 Å². The first-order valence-corrected chi connectivity index (χ1v) is 5.90. The second-order valence-electron chi connectivity index (χ2n) is 4.34. The number of piperazine rings is 1. The van der Waals surface area contributed by atoms with E-state index >= 15 is 0 Å². The van der Waals surface area contributed by atoms with Gasteiger partial charge in [0.05, 0.1) is 6.54 Å². The van der Waals surface area contributed by atoms with Gasteiger partial charge in [-0.05, 0) is 13.8 Å². The number of hydrogen-bond acceptors (Lipinski definition) is 4. The first-order valence-electron chi connectivity index (χ1n) is 5.03. The van der Waals surface area contributed by atoms with E-state index in [9.17, 15) is 0 Å². The van der Waals surface area contributed by atoms with Crippen LogP contribution in [-0.4, -0.2) is 35.1 Å². The van der Waals surface area contributed by atoms with Gasteiger partial charge in [0.2, 0.25) is 0 Å². The van der Waals surface area contributed by atoms with E-state index in [2.05, 4.69) is 29.0 Å². The zero-order chi connectivity index (χ0) is 10.0. The van der Waals surface area contributed by atoms with E-state index in [1.54, 1.807) is 11.3 Å². The lowest BCUT2D eigenvalue weighted by Crippen LogP contribution is -2.57. The van der Waals surface area contributed by atoms with E-state index in [4.69, 9.17) is 0 Å². The number of thiazole rings is 1. The summed E-state index contributed by atoms with van der Waals surface area (Å²) in [6.07, 6.45) is 1.88. The monoisotopic (exact) mass is 211 g/mol. The van der Waals surface area contributed by atoms with Crippen molar-refractivity contribution in [3.8, 4) is 0 Å². The van der Waals surface area contributed by atoms with Gasteiger partial charge < -0.3 is 5.32 Å². The molecule has 1 saturated heterocycles. The molecule has 3 nitrogen and oxygen atoms in total. The van der Waals surface area contributed by atoms with Gasteiger partial charge >= 0.3 is 0 Å². The van der Waals surface area contributed by atoms with Crippen molar-refractivity contribution < 1.29 is 0 Å². The quantitative estimate of drug-likeness (QED) is 0.800. The van der Waals surface area contributed by atoms with E-state index in [-0.39, 0.29) is 5.54 Å². The minimum atomic E-state index is 0.254. The Morgan fingerprint density at radius 3 is 3.14 bits per heavy atom. The van der Waals surface area contributed by atoms with E-state index in [0.29, 0.717) is 0 Å². The Hall–Kier alpha value is -0.450. The maximum absolute atomic E-state index is 4.33. The maximum atomic E-state index is 4.33. The van der Waals surface area contributed by atoms with Crippen LogP contribution in [0.25, 0.3) is 0 Å². The molecule has 78 valence electrons. The van der Waals surface area contributed by atoms with Crippen molar-refractivity contribution in [2.24, 2.45) is 0 Å². The van der Waals surface area contributed by atoms with Crippen molar-refractivity contribution >= 4 is 11.3 Å². The third-order valence-electron chi connectivity index (χ3n) is 2.78. The molecule has 0 spiro atoms. The number of aromatic nitrogens is 1. The molecule has 0 bridgehead atoms. The highest BCUT2D eigenvalue weighted by Gasteiger charge is 2.29. The summed E-state index contributed by atoms with van der Waals surface area (Å²) in [5, 5.41) is 6.69. The highest BCUT2D eigenvalue weighted by molar-refractivity contribution is 7.09. The fourth-order valence-electron chi connectivity index (χ4n) is 1.81. The third kappa shape index (κ3) is 2.13. The average Bonchev–Trinajstić information content (AvgIpc) is 2.61. The van der Waals surface area contributed by atoms with Crippen LogP contribution in [-0.2, 0) is 6.54 Å². The summed E-state index contributed by atoms with van der Waals surface area (Å²) >= 11 is 1.74. The van der Waals surface area contributed by atoms with Crippen LogP contribution in [0.4, 0.5) is 0 Å². The Labute approximate surface area is 89.1 Å². The summed E-state index contributed by atoms with van der Waals surface area (Å²) in [4.78, 5) is 6.83. The molecule has 0 radical (unpaired) electrons. The summed E-state index contributed by atoms with van der Waals surface area (Å²) in [5.74, 6) is 0. The minimum Gasteiger partial charge on any atom is -0.314 e. The number of nitrogens with zero attached hydrogens (tertiary/aromatic N) is 2. The Morgan fingerprint density at radius 1 is 1.64 bits per heavy atom. The van der Waals surface area contributed by atoms with E-state index in [1.807, 2.05) is 11.6 Å². The van der Waals surface area contributed by atoms with Crippen LogP contribution in [0.2, 0.25) is 0 Å². The molecule has 0 saturated carbocycles. The highest BCUT2D eigenvalue weighted by Crippen LogP contribution is 2.19. The molecule has 2 rings (SSSR count). The number of nitrogens with one attached hydrogen (secondary N) is 1. The second-order valence-corrected chi connectivity index (χ2v) is 5.32. The predicted octanol–water partition coefficient (Wildman–Crippen LogP) is 1.33. The van der Waals surface area contributed by atoms with Gasteiger partial charge in [0, 0.05) is 36.8 Å². The van der Waals surface area contributed by atoms with Crippen molar-refractivity contribution in [3.63, 3.8) is 0 Å². The smallest absolute Gasteiger partial charge is 0.107 e. The Morgan fingerprint density at radius 2 is 2.50 bits per heavy atom. The van der Waals surface area contributed by atoms with Gasteiger partial charge in [-0.2, -0.15) is 0 Å². The van der Waals surface area contributed by atoms with Crippen LogP contribution in [0.5, 0.6) is 0 Å². The van der Waals surface area contributed by atoms with Crippen molar-refractivity contribution in [1.82, 2.24) is 15.2 Å². The molecular weight excluding hydrogens is 194 g/mol. The van der Waals surface area contributed by atoms with Crippen molar-refractivity contribution in [2.75, 3.05) is 19.6 Å². The van der Waals surface area contributed by atoms with Crippen molar-refractivity contribution in [2.45, 2.75) is 25.9 Å². The van der Waals surface area contributed by atoms with E-state index in [0.717, 1.165) is 26.2 Å². The van der Waals surface area contributed by atoms with Crippen LogP contribution in [0, 0.1) is 0 Å². The topological polar surface area (TPSA) is 28.2 Å². The molecule has 4 heteroatoms. The van der Waals surface area contributed by atoms with Crippen LogP contribution < -0.4 is 5.32 Å². The normalized spacial score (nSPS) is 22.4. The Balaban J connectivity index is 2.02. The Bertz CT molecular complexity index is 282. The summed E-state index contributed by atoms with van der Waals surface area (Å²) in [6.45, 7) is 8.84. The van der Waals surface area contributed by atoms with E-state index in [1.165, 1.54) is 5.01 Å². The number of hydrogen-bond donors (Lipinski definition) is 1. The lowest BCUT2D eigenvalue weighted by atomic mass is 10.0.